The van der Waals surface area contributed by atoms with E-state index in [-0.39, 0.29) is 18.0 Å². The summed E-state index contributed by atoms with van der Waals surface area (Å²) < 4.78 is 5.27. The summed E-state index contributed by atoms with van der Waals surface area (Å²) in [5.74, 6) is 0.0395. The van der Waals surface area contributed by atoms with Crippen LogP contribution in [0.25, 0.3) is 0 Å². The van der Waals surface area contributed by atoms with E-state index in [1.807, 2.05) is 31.2 Å². The van der Waals surface area contributed by atoms with Gasteiger partial charge in [-0.05, 0) is 37.5 Å². The van der Waals surface area contributed by atoms with E-state index in [1.165, 1.54) is 0 Å². The summed E-state index contributed by atoms with van der Waals surface area (Å²) in [5.41, 5.74) is 1.12. The first kappa shape index (κ1) is 15.3. The van der Waals surface area contributed by atoms with Gasteiger partial charge in [0.15, 0.2) is 0 Å². The molecule has 1 aliphatic heterocycles. The number of benzene rings is 1. The van der Waals surface area contributed by atoms with Crippen LogP contribution in [0.15, 0.2) is 24.3 Å². The molecule has 0 unspecified atom stereocenters. The Bertz CT molecular complexity index is 430. The first-order chi connectivity index (χ1) is 9.65. The molecule has 1 heterocycles. The third-order valence-corrected chi connectivity index (χ3v) is 3.78. The van der Waals surface area contributed by atoms with E-state index in [0.29, 0.717) is 6.54 Å². The topological polar surface area (TPSA) is 50.4 Å². The van der Waals surface area contributed by atoms with Crippen LogP contribution < -0.4 is 10.6 Å². The molecule has 1 saturated heterocycles. The van der Waals surface area contributed by atoms with Crippen LogP contribution in [0.3, 0.4) is 0 Å². The number of rotatable bonds is 5. The second-order valence-electron chi connectivity index (χ2n) is 5.11. The van der Waals surface area contributed by atoms with Crippen molar-refractivity contribution in [2.24, 2.45) is 0 Å². The van der Waals surface area contributed by atoms with E-state index < -0.39 is 0 Å². The van der Waals surface area contributed by atoms with Crippen molar-refractivity contribution < 1.29 is 9.53 Å². The molecule has 1 amide bonds. The molecule has 1 aromatic carbocycles. The Morgan fingerprint density at radius 1 is 1.35 bits per heavy atom. The molecule has 0 radical (unpaired) electrons. The number of nitrogens with one attached hydrogen (secondary N) is 2. The van der Waals surface area contributed by atoms with Crippen molar-refractivity contribution in [3.63, 3.8) is 0 Å². The number of halogens is 1. The number of amides is 1. The van der Waals surface area contributed by atoms with Gasteiger partial charge in [-0.2, -0.15) is 0 Å². The summed E-state index contributed by atoms with van der Waals surface area (Å²) >= 11 is 5.86. The van der Waals surface area contributed by atoms with E-state index in [0.717, 1.165) is 36.6 Å². The highest BCUT2D eigenvalue weighted by atomic mass is 35.5. The lowest BCUT2D eigenvalue weighted by Crippen LogP contribution is -2.43. The van der Waals surface area contributed by atoms with Gasteiger partial charge in [0.1, 0.15) is 0 Å². The predicted octanol–water partition coefficient (Wildman–Crippen LogP) is 2.29. The summed E-state index contributed by atoms with van der Waals surface area (Å²) in [6.45, 7) is 3.82. The maximum absolute atomic E-state index is 11.9. The van der Waals surface area contributed by atoms with Gasteiger partial charge < -0.3 is 15.4 Å². The standard InChI is InChI=1S/C15H21ClN2O2/c1-11(12-2-4-13(16)5-3-12)17-10-15(19)18-14-6-8-20-9-7-14/h2-5,11,14,17H,6-10H2,1H3,(H,18,19)/t11-/m1/s1. The Morgan fingerprint density at radius 2 is 2.00 bits per heavy atom. The van der Waals surface area contributed by atoms with Crippen LogP contribution in [0.2, 0.25) is 5.02 Å². The highest BCUT2D eigenvalue weighted by Gasteiger charge is 2.16. The molecule has 0 spiro atoms. The molecule has 2 rings (SSSR count). The number of ether oxygens (including phenoxy) is 1. The molecular formula is C15H21ClN2O2. The minimum Gasteiger partial charge on any atom is -0.381 e. The van der Waals surface area contributed by atoms with Crippen LogP contribution in [0.1, 0.15) is 31.4 Å². The van der Waals surface area contributed by atoms with Crippen LogP contribution in [0, 0.1) is 0 Å². The van der Waals surface area contributed by atoms with Gasteiger partial charge >= 0.3 is 0 Å². The van der Waals surface area contributed by atoms with Gasteiger partial charge in [-0.3, -0.25) is 4.79 Å². The van der Waals surface area contributed by atoms with Crippen LogP contribution in [0.5, 0.6) is 0 Å². The van der Waals surface area contributed by atoms with Crippen molar-refractivity contribution in [3.8, 4) is 0 Å². The Hall–Kier alpha value is -1.10. The van der Waals surface area contributed by atoms with E-state index in [4.69, 9.17) is 16.3 Å². The minimum atomic E-state index is 0.0395. The van der Waals surface area contributed by atoms with Gasteiger partial charge in [-0.25, -0.2) is 0 Å². The Labute approximate surface area is 124 Å². The lowest BCUT2D eigenvalue weighted by Gasteiger charge is -2.23. The molecule has 4 nitrogen and oxygen atoms in total. The summed E-state index contributed by atoms with van der Waals surface area (Å²) in [4.78, 5) is 11.9. The van der Waals surface area contributed by atoms with E-state index in [9.17, 15) is 4.79 Å². The molecule has 0 bridgehead atoms. The number of hydrogen-bond donors (Lipinski definition) is 2. The SMILES string of the molecule is C[C@@H](NCC(=O)NC1CCOCC1)c1ccc(Cl)cc1. The average Bonchev–Trinajstić information content (AvgIpc) is 2.46. The highest BCUT2D eigenvalue weighted by Crippen LogP contribution is 2.15. The smallest absolute Gasteiger partial charge is 0.234 e. The van der Waals surface area contributed by atoms with Crippen molar-refractivity contribution in [3.05, 3.63) is 34.9 Å². The zero-order chi connectivity index (χ0) is 14.4. The van der Waals surface area contributed by atoms with Gasteiger partial charge in [-0.1, -0.05) is 23.7 Å². The van der Waals surface area contributed by atoms with E-state index in [1.54, 1.807) is 0 Å². The monoisotopic (exact) mass is 296 g/mol. The Morgan fingerprint density at radius 3 is 2.65 bits per heavy atom. The molecule has 1 fully saturated rings. The van der Waals surface area contributed by atoms with E-state index in [2.05, 4.69) is 10.6 Å². The molecule has 0 saturated carbocycles. The number of carbonyl (C=O) groups excluding carboxylic acids is 1. The molecule has 2 N–H and O–H groups in total. The Kier molecular flexibility index (Phi) is 5.83. The lowest BCUT2D eigenvalue weighted by molar-refractivity contribution is -0.121. The van der Waals surface area contributed by atoms with Gasteiger partial charge in [-0.15, -0.1) is 0 Å². The highest BCUT2D eigenvalue weighted by molar-refractivity contribution is 6.30. The van der Waals surface area contributed by atoms with Crippen LogP contribution >= 0.6 is 11.6 Å². The summed E-state index contributed by atoms with van der Waals surface area (Å²) in [5, 5.41) is 6.97. The maximum atomic E-state index is 11.9. The third kappa shape index (κ3) is 4.78. The van der Waals surface area contributed by atoms with Crippen molar-refractivity contribution in [2.45, 2.75) is 31.8 Å². The average molecular weight is 297 g/mol. The molecular weight excluding hydrogens is 276 g/mol. The Balaban J connectivity index is 1.73. The largest absolute Gasteiger partial charge is 0.381 e. The minimum absolute atomic E-state index is 0.0395. The second kappa shape index (κ2) is 7.62. The fraction of sp³-hybridized carbons (Fsp3) is 0.533. The number of hydrogen-bond acceptors (Lipinski definition) is 3. The summed E-state index contributed by atoms with van der Waals surface area (Å²) in [6, 6.07) is 8.03. The first-order valence-corrected chi connectivity index (χ1v) is 7.39. The van der Waals surface area contributed by atoms with Crippen molar-refractivity contribution >= 4 is 17.5 Å². The van der Waals surface area contributed by atoms with Gasteiger partial charge in [0.2, 0.25) is 5.91 Å². The predicted molar refractivity (Wildman–Crippen MR) is 79.9 cm³/mol. The van der Waals surface area contributed by atoms with E-state index >= 15 is 0 Å². The van der Waals surface area contributed by atoms with Crippen molar-refractivity contribution in [1.82, 2.24) is 10.6 Å². The molecule has 20 heavy (non-hydrogen) atoms. The third-order valence-electron chi connectivity index (χ3n) is 3.53. The maximum Gasteiger partial charge on any atom is 0.234 e. The summed E-state index contributed by atoms with van der Waals surface area (Å²) in [7, 11) is 0. The van der Waals surface area contributed by atoms with Gasteiger partial charge in [0.25, 0.3) is 0 Å². The molecule has 1 aromatic rings. The molecule has 5 heteroatoms. The summed E-state index contributed by atoms with van der Waals surface area (Å²) in [6.07, 6.45) is 1.80. The molecule has 110 valence electrons. The first-order valence-electron chi connectivity index (χ1n) is 7.01. The fourth-order valence-corrected chi connectivity index (χ4v) is 2.36. The zero-order valence-corrected chi connectivity index (χ0v) is 12.5. The number of carbonyl (C=O) groups is 1. The zero-order valence-electron chi connectivity index (χ0n) is 11.7. The lowest BCUT2D eigenvalue weighted by atomic mass is 10.1. The van der Waals surface area contributed by atoms with Gasteiger partial charge in [0, 0.05) is 30.3 Å². The second-order valence-corrected chi connectivity index (χ2v) is 5.54. The van der Waals surface area contributed by atoms with Gasteiger partial charge in [0.05, 0.1) is 6.54 Å². The quantitative estimate of drug-likeness (QED) is 0.876. The molecule has 0 aromatic heterocycles. The molecule has 1 atom stereocenters. The normalized spacial score (nSPS) is 17.7. The molecule has 1 aliphatic rings. The van der Waals surface area contributed by atoms with Crippen molar-refractivity contribution in [1.29, 1.82) is 0 Å². The van der Waals surface area contributed by atoms with Crippen LogP contribution in [-0.4, -0.2) is 31.7 Å². The van der Waals surface area contributed by atoms with Crippen molar-refractivity contribution in [2.75, 3.05) is 19.8 Å². The van der Waals surface area contributed by atoms with Crippen LogP contribution in [0.4, 0.5) is 0 Å². The molecule has 0 aliphatic carbocycles. The fourth-order valence-electron chi connectivity index (χ4n) is 2.24. The van der Waals surface area contributed by atoms with Crippen LogP contribution in [-0.2, 0) is 9.53 Å².